The van der Waals surface area contributed by atoms with E-state index in [4.69, 9.17) is 4.74 Å². The number of nitrogens with one attached hydrogen (secondary N) is 1. The normalized spacial score (nSPS) is 20.0. The van der Waals surface area contributed by atoms with E-state index < -0.39 is 4.92 Å². The maximum atomic E-state index is 12.3. The molecule has 1 aliphatic heterocycles. The molecule has 148 valence electrons. The monoisotopic (exact) mass is 375 g/mol. The standard InChI is InChI=1S/C20H29N3O4/c24-19(15-27-18-9-7-17(8-10-18)23(25)26)21-16-20(11-3-1-4-12-20)22-13-5-2-6-14-22/h7-10H,1-6,11-16H2,(H,21,24). The Labute approximate surface area is 160 Å². The molecule has 1 heterocycles. The summed E-state index contributed by atoms with van der Waals surface area (Å²) in [7, 11) is 0. The highest BCUT2D eigenvalue weighted by Gasteiger charge is 2.38. The van der Waals surface area contributed by atoms with Gasteiger partial charge in [0.05, 0.1) is 4.92 Å². The first-order valence-electron chi connectivity index (χ1n) is 9.98. The summed E-state index contributed by atoms with van der Waals surface area (Å²) in [5, 5.41) is 13.7. The van der Waals surface area contributed by atoms with E-state index in [1.165, 1.54) is 62.8 Å². The predicted octanol–water partition coefficient (Wildman–Crippen LogP) is 3.28. The molecule has 1 amide bonds. The fourth-order valence-electron chi connectivity index (χ4n) is 4.31. The van der Waals surface area contributed by atoms with Crippen LogP contribution in [0.3, 0.4) is 0 Å². The summed E-state index contributed by atoms with van der Waals surface area (Å²) in [5.74, 6) is 0.314. The highest BCUT2D eigenvalue weighted by Crippen LogP contribution is 2.35. The molecule has 0 spiro atoms. The van der Waals surface area contributed by atoms with Crippen molar-refractivity contribution >= 4 is 11.6 Å². The van der Waals surface area contributed by atoms with Gasteiger partial charge < -0.3 is 10.1 Å². The number of rotatable bonds is 7. The minimum atomic E-state index is -0.458. The SMILES string of the molecule is O=C(COc1ccc([N+](=O)[O-])cc1)NCC1(N2CCCCC2)CCCCC1. The van der Waals surface area contributed by atoms with Gasteiger partial charge in [-0.05, 0) is 50.9 Å². The minimum absolute atomic E-state index is 0.00701. The lowest BCUT2D eigenvalue weighted by atomic mass is 9.79. The van der Waals surface area contributed by atoms with Gasteiger partial charge in [-0.2, -0.15) is 0 Å². The van der Waals surface area contributed by atoms with Gasteiger partial charge >= 0.3 is 0 Å². The number of nitro groups is 1. The molecule has 2 fully saturated rings. The maximum absolute atomic E-state index is 12.3. The number of carbonyl (C=O) groups is 1. The second-order valence-corrected chi connectivity index (χ2v) is 7.65. The lowest BCUT2D eigenvalue weighted by molar-refractivity contribution is -0.384. The number of benzene rings is 1. The molecular weight excluding hydrogens is 346 g/mol. The van der Waals surface area contributed by atoms with Crippen molar-refractivity contribution in [3.8, 4) is 5.75 Å². The Morgan fingerprint density at radius 2 is 1.70 bits per heavy atom. The average molecular weight is 375 g/mol. The van der Waals surface area contributed by atoms with Crippen LogP contribution in [0.2, 0.25) is 0 Å². The van der Waals surface area contributed by atoms with Gasteiger partial charge in [0.2, 0.25) is 0 Å². The molecule has 3 rings (SSSR count). The summed E-state index contributed by atoms with van der Waals surface area (Å²) in [6.07, 6.45) is 9.84. The second kappa shape index (κ2) is 9.17. The van der Waals surface area contributed by atoms with Crippen LogP contribution in [0, 0.1) is 10.1 Å². The van der Waals surface area contributed by atoms with Crippen LogP contribution < -0.4 is 10.1 Å². The van der Waals surface area contributed by atoms with Crippen molar-refractivity contribution < 1.29 is 14.5 Å². The molecule has 7 nitrogen and oxygen atoms in total. The van der Waals surface area contributed by atoms with Gasteiger partial charge in [-0.25, -0.2) is 0 Å². The first-order valence-corrected chi connectivity index (χ1v) is 9.98. The van der Waals surface area contributed by atoms with E-state index in [1.54, 1.807) is 0 Å². The van der Waals surface area contributed by atoms with Gasteiger partial charge in [0.15, 0.2) is 6.61 Å². The largest absolute Gasteiger partial charge is 0.484 e. The quantitative estimate of drug-likeness (QED) is 0.584. The fraction of sp³-hybridized carbons (Fsp3) is 0.650. The Kier molecular flexibility index (Phi) is 6.66. The molecule has 1 saturated carbocycles. The molecule has 0 bridgehead atoms. The Balaban J connectivity index is 1.50. The number of hydrogen-bond acceptors (Lipinski definition) is 5. The van der Waals surface area contributed by atoms with Crippen LogP contribution in [0.25, 0.3) is 0 Å². The van der Waals surface area contributed by atoms with Crippen LogP contribution >= 0.6 is 0 Å². The zero-order valence-electron chi connectivity index (χ0n) is 15.8. The van der Waals surface area contributed by atoms with Gasteiger partial charge in [0, 0.05) is 24.2 Å². The summed E-state index contributed by atoms with van der Waals surface area (Å²) in [6, 6.07) is 5.78. The summed E-state index contributed by atoms with van der Waals surface area (Å²) >= 11 is 0. The van der Waals surface area contributed by atoms with E-state index in [9.17, 15) is 14.9 Å². The van der Waals surface area contributed by atoms with E-state index in [0.717, 1.165) is 25.9 Å². The lowest BCUT2D eigenvalue weighted by Crippen LogP contribution is -2.58. The van der Waals surface area contributed by atoms with E-state index >= 15 is 0 Å². The summed E-state index contributed by atoms with van der Waals surface area (Å²) in [5.41, 5.74) is 0.106. The van der Waals surface area contributed by atoms with E-state index in [1.807, 2.05) is 0 Å². The Bertz CT molecular complexity index is 635. The van der Waals surface area contributed by atoms with Crippen molar-refractivity contribution in [3.05, 3.63) is 34.4 Å². The number of likely N-dealkylation sites (tertiary alicyclic amines) is 1. The predicted molar refractivity (Wildman–Crippen MR) is 103 cm³/mol. The van der Waals surface area contributed by atoms with Crippen molar-refractivity contribution in [3.63, 3.8) is 0 Å². The third kappa shape index (κ3) is 5.19. The first-order chi connectivity index (χ1) is 13.1. The molecular formula is C20H29N3O4. The third-order valence-electron chi connectivity index (χ3n) is 5.84. The van der Waals surface area contributed by atoms with Crippen molar-refractivity contribution in [2.75, 3.05) is 26.2 Å². The fourth-order valence-corrected chi connectivity index (χ4v) is 4.31. The Morgan fingerprint density at radius 3 is 2.33 bits per heavy atom. The van der Waals surface area contributed by atoms with Crippen molar-refractivity contribution in [2.24, 2.45) is 0 Å². The molecule has 0 aromatic heterocycles. The third-order valence-corrected chi connectivity index (χ3v) is 5.84. The van der Waals surface area contributed by atoms with Crippen LogP contribution in [0.5, 0.6) is 5.75 Å². The number of nitro benzene ring substituents is 1. The molecule has 1 saturated heterocycles. The van der Waals surface area contributed by atoms with E-state index in [2.05, 4.69) is 10.2 Å². The maximum Gasteiger partial charge on any atom is 0.269 e. The lowest BCUT2D eigenvalue weighted by Gasteiger charge is -2.48. The van der Waals surface area contributed by atoms with Crippen LogP contribution in [0.1, 0.15) is 51.4 Å². The second-order valence-electron chi connectivity index (χ2n) is 7.65. The van der Waals surface area contributed by atoms with Gasteiger partial charge in [-0.3, -0.25) is 19.8 Å². The Hall–Kier alpha value is -2.15. The molecule has 0 unspecified atom stereocenters. The zero-order chi connectivity index (χ0) is 19.1. The number of carbonyl (C=O) groups excluding carboxylic acids is 1. The van der Waals surface area contributed by atoms with Crippen LogP contribution in [0.15, 0.2) is 24.3 Å². The molecule has 1 aromatic carbocycles. The molecule has 0 atom stereocenters. The number of nitrogens with zero attached hydrogens (tertiary/aromatic N) is 2. The van der Waals surface area contributed by atoms with Gasteiger partial charge in [-0.15, -0.1) is 0 Å². The van der Waals surface area contributed by atoms with E-state index in [-0.39, 0.29) is 23.7 Å². The number of piperidine rings is 1. The zero-order valence-corrected chi connectivity index (χ0v) is 15.8. The molecule has 1 N–H and O–H groups in total. The molecule has 27 heavy (non-hydrogen) atoms. The Morgan fingerprint density at radius 1 is 1.07 bits per heavy atom. The van der Waals surface area contributed by atoms with Crippen LogP contribution in [0.4, 0.5) is 5.69 Å². The van der Waals surface area contributed by atoms with Gasteiger partial charge in [-0.1, -0.05) is 25.7 Å². The molecule has 1 aliphatic carbocycles. The molecule has 0 radical (unpaired) electrons. The summed E-state index contributed by atoms with van der Waals surface area (Å²) in [6.45, 7) is 2.87. The summed E-state index contributed by atoms with van der Waals surface area (Å²) in [4.78, 5) is 25.1. The number of ether oxygens (including phenoxy) is 1. The highest BCUT2D eigenvalue weighted by molar-refractivity contribution is 5.77. The van der Waals surface area contributed by atoms with Crippen molar-refractivity contribution in [1.82, 2.24) is 10.2 Å². The van der Waals surface area contributed by atoms with Crippen molar-refractivity contribution in [1.29, 1.82) is 0 Å². The topological polar surface area (TPSA) is 84.7 Å². The molecule has 7 heteroatoms. The number of non-ortho nitro benzene ring substituents is 1. The molecule has 2 aliphatic rings. The smallest absolute Gasteiger partial charge is 0.269 e. The van der Waals surface area contributed by atoms with Gasteiger partial charge in [0.25, 0.3) is 11.6 Å². The number of hydrogen-bond donors (Lipinski definition) is 1. The number of amides is 1. The van der Waals surface area contributed by atoms with E-state index in [0.29, 0.717) is 12.3 Å². The summed E-state index contributed by atoms with van der Waals surface area (Å²) < 4.78 is 5.47. The minimum Gasteiger partial charge on any atom is -0.484 e. The molecule has 1 aromatic rings. The highest BCUT2D eigenvalue weighted by atomic mass is 16.6. The van der Waals surface area contributed by atoms with Crippen LogP contribution in [-0.2, 0) is 4.79 Å². The first kappa shape index (κ1) is 19.6. The van der Waals surface area contributed by atoms with Crippen molar-refractivity contribution in [2.45, 2.75) is 56.9 Å². The average Bonchev–Trinajstić information content (AvgIpc) is 2.72. The van der Waals surface area contributed by atoms with Crippen LogP contribution in [-0.4, -0.2) is 47.5 Å². The van der Waals surface area contributed by atoms with Gasteiger partial charge in [0.1, 0.15) is 5.75 Å².